The fourth-order valence-electron chi connectivity index (χ4n) is 2.51. The second-order valence-electron chi connectivity index (χ2n) is 5.88. The molecule has 1 aliphatic heterocycles. The summed E-state index contributed by atoms with van der Waals surface area (Å²) in [6.45, 7) is -0.181. The number of carbonyl (C=O) groups is 3. The number of carbonyl (C=O) groups excluding carboxylic acids is 2. The first-order chi connectivity index (χ1) is 12.6. The summed E-state index contributed by atoms with van der Waals surface area (Å²) in [6, 6.07) is 4.02. The molecule has 0 unspecified atom stereocenters. The lowest BCUT2D eigenvalue weighted by Gasteiger charge is -2.22. The van der Waals surface area contributed by atoms with Gasteiger partial charge in [-0.05, 0) is 24.1 Å². The number of carboxylic acid groups (broad SMARTS) is 1. The fourth-order valence-corrected chi connectivity index (χ4v) is 2.65. The number of halogens is 4. The van der Waals surface area contributed by atoms with Gasteiger partial charge >= 0.3 is 18.2 Å². The zero-order valence-corrected chi connectivity index (χ0v) is 14.7. The topological polar surface area (TPSA) is 87.2 Å². The van der Waals surface area contributed by atoms with Gasteiger partial charge in [-0.2, -0.15) is 18.2 Å². The molecule has 27 heavy (non-hydrogen) atoms. The first kappa shape index (κ1) is 20.8. The molecule has 1 N–H and O–H groups in total. The molecule has 1 aliphatic rings. The van der Waals surface area contributed by atoms with Gasteiger partial charge in [-0.1, -0.05) is 12.1 Å². The van der Waals surface area contributed by atoms with E-state index in [4.69, 9.17) is 21.5 Å². The van der Waals surface area contributed by atoms with Gasteiger partial charge in [0.1, 0.15) is 5.88 Å². The van der Waals surface area contributed by atoms with Crippen molar-refractivity contribution in [2.75, 3.05) is 19.0 Å². The Morgan fingerprint density at radius 1 is 1.26 bits per heavy atom. The molecule has 0 saturated carbocycles. The van der Waals surface area contributed by atoms with Crippen LogP contribution in [0, 0.1) is 5.92 Å². The molecule has 1 heterocycles. The monoisotopic (exact) mass is 408 g/mol. The zero-order chi connectivity index (χ0) is 20.2. The summed E-state index contributed by atoms with van der Waals surface area (Å²) in [5.41, 5.74) is -0.550. The number of rotatable bonds is 4. The number of benzene rings is 1. The van der Waals surface area contributed by atoms with E-state index in [0.29, 0.717) is 10.6 Å². The van der Waals surface area contributed by atoms with Crippen molar-refractivity contribution in [1.82, 2.24) is 9.96 Å². The number of alkyl halides is 4. The van der Waals surface area contributed by atoms with Crippen molar-refractivity contribution in [3.05, 3.63) is 35.4 Å². The summed E-state index contributed by atoms with van der Waals surface area (Å²) in [5, 5.41) is 9.58. The quantitative estimate of drug-likeness (QED) is 0.611. The summed E-state index contributed by atoms with van der Waals surface area (Å²) in [7, 11) is 0. The molecule has 2 rings (SSSR count). The number of hydroxylamine groups is 2. The van der Waals surface area contributed by atoms with E-state index in [1.807, 2.05) is 0 Å². The maximum Gasteiger partial charge on any atom is 0.416 e. The van der Waals surface area contributed by atoms with Crippen LogP contribution in [-0.4, -0.2) is 52.0 Å². The van der Waals surface area contributed by atoms with Crippen LogP contribution in [0.4, 0.5) is 18.0 Å². The molecular weight excluding hydrogens is 393 g/mol. The highest BCUT2D eigenvalue weighted by Gasteiger charge is 2.34. The molecule has 1 aromatic rings. The highest BCUT2D eigenvalue weighted by molar-refractivity contribution is 6.27. The maximum atomic E-state index is 12.6. The van der Waals surface area contributed by atoms with Crippen molar-refractivity contribution in [2.45, 2.75) is 19.1 Å². The van der Waals surface area contributed by atoms with Crippen LogP contribution < -0.4 is 0 Å². The molecule has 2 amide bonds. The molecular formula is C16H16ClF3N2O5. The van der Waals surface area contributed by atoms with Gasteiger partial charge in [-0.3, -0.25) is 4.79 Å². The highest BCUT2D eigenvalue weighted by atomic mass is 35.5. The van der Waals surface area contributed by atoms with Crippen LogP contribution >= 0.6 is 11.6 Å². The summed E-state index contributed by atoms with van der Waals surface area (Å²) < 4.78 is 37.8. The Morgan fingerprint density at radius 2 is 1.89 bits per heavy atom. The number of hydrogen-bond donors (Lipinski definition) is 1. The Kier molecular flexibility index (Phi) is 6.53. The van der Waals surface area contributed by atoms with E-state index in [2.05, 4.69) is 0 Å². The van der Waals surface area contributed by atoms with Crippen LogP contribution in [0.5, 0.6) is 0 Å². The molecule has 0 radical (unpaired) electrons. The minimum Gasteiger partial charge on any atom is -0.465 e. The zero-order valence-electron chi connectivity index (χ0n) is 13.9. The predicted molar refractivity (Wildman–Crippen MR) is 86.5 cm³/mol. The van der Waals surface area contributed by atoms with Crippen molar-refractivity contribution in [1.29, 1.82) is 0 Å². The maximum absolute atomic E-state index is 12.6. The van der Waals surface area contributed by atoms with Crippen molar-refractivity contribution >= 4 is 29.6 Å². The lowest BCUT2D eigenvalue weighted by atomic mass is 10.1. The molecule has 1 atom stereocenters. The van der Waals surface area contributed by atoms with Gasteiger partial charge in [0.05, 0.1) is 18.0 Å². The van der Waals surface area contributed by atoms with Crippen LogP contribution in [0.25, 0.3) is 0 Å². The van der Waals surface area contributed by atoms with Crippen LogP contribution in [0.3, 0.4) is 0 Å². The smallest absolute Gasteiger partial charge is 0.416 e. The first-order valence-electron chi connectivity index (χ1n) is 7.84. The number of likely N-dealkylation sites (tertiary alicyclic amines) is 1. The molecule has 1 aromatic carbocycles. The van der Waals surface area contributed by atoms with Crippen LogP contribution in [0.1, 0.15) is 17.5 Å². The molecule has 148 valence electrons. The van der Waals surface area contributed by atoms with Gasteiger partial charge in [-0.15, -0.1) is 11.6 Å². The predicted octanol–water partition coefficient (Wildman–Crippen LogP) is 2.73. The SMILES string of the molecule is O=C(ON(Cc1ccc(C(F)(F)F)cc1)C(=O)CCl)[C@H]1CCN(C(=O)O)C1. The second-order valence-corrected chi connectivity index (χ2v) is 6.15. The minimum absolute atomic E-state index is 0.0582. The van der Waals surface area contributed by atoms with Gasteiger partial charge in [0, 0.05) is 13.1 Å². The largest absolute Gasteiger partial charge is 0.465 e. The molecule has 7 nitrogen and oxygen atoms in total. The molecule has 0 aromatic heterocycles. The van der Waals surface area contributed by atoms with E-state index in [-0.39, 0.29) is 26.1 Å². The number of hydrogen-bond acceptors (Lipinski definition) is 4. The Balaban J connectivity index is 2.04. The standard InChI is InChI=1S/C16H16ClF3N2O5/c17-7-13(23)22(8-10-1-3-12(4-2-10)16(18,19)20)27-14(24)11-5-6-21(9-11)15(25)26/h1-4,11H,5-9H2,(H,25,26)/t11-/m0/s1. The van der Waals surface area contributed by atoms with Gasteiger partial charge < -0.3 is 14.8 Å². The van der Waals surface area contributed by atoms with E-state index < -0.39 is 41.5 Å². The molecule has 1 fully saturated rings. The Labute approximate surface area is 157 Å². The Hall–Kier alpha value is -2.49. The van der Waals surface area contributed by atoms with Crippen molar-refractivity contribution in [2.24, 2.45) is 5.92 Å². The fraction of sp³-hybridized carbons (Fsp3) is 0.438. The second kappa shape index (κ2) is 8.47. The lowest BCUT2D eigenvalue weighted by molar-refractivity contribution is -0.202. The van der Waals surface area contributed by atoms with E-state index in [1.54, 1.807) is 0 Å². The molecule has 0 bridgehead atoms. The van der Waals surface area contributed by atoms with Crippen LogP contribution in [0.2, 0.25) is 0 Å². The van der Waals surface area contributed by atoms with Crippen molar-refractivity contribution in [3.8, 4) is 0 Å². The lowest BCUT2D eigenvalue weighted by Crippen LogP contribution is -2.37. The van der Waals surface area contributed by atoms with Crippen molar-refractivity contribution < 1.29 is 37.5 Å². The third-order valence-electron chi connectivity index (χ3n) is 3.99. The normalized spacial score (nSPS) is 16.9. The Morgan fingerprint density at radius 3 is 2.37 bits per heavy atom. The highest BCUT2D eigenvalue weighted by Crippen LogP contribution is 2.29. The molecule has 0 spiro atoms. The third kappa shape index (κ3) is 5.49. The van der Waals surface area contributed by atoms with E-state index in [1.165, 1.54) is 0 Å². The minimum atomic E-state index is -4.49. The third-order valence-corrected chi connectivity index (χ3v) is 4.22. The summed E-state index contributed by atoms with van der Waals surface area (Å²) >= 11 is 5.49. The van der Waals surface area contributed by atoms with E-state index in [0.717, 1.165) is 29.2 Å². The van der Waals surface area contributed by atoms with Gasteiger partial charge in [0.15, 0.2) is 0 Å². The van der Waals surface area contributed by atoms with E-state index >= 15 is 0 Å². The van der Waals surface area contributed by atoms with Crippen LogP contribution in [-0.2, 0) is 27.1 Å². The van der Waals surface area contributed by atoms with E-state index in [9.17, 15) is 27.6 Å². The van der Waals surface area contributed by atoms with Gasteiger partial charge in [0.25, 0.3) is 5.91 Å². The average Bonchev–Trinajstić information content (AvgIpc) is 3.10. The number of amides is 2. The summed E-state index contributed by atoms with van der Waals surface area (Å²) in [6.07, 6.45) is -5.41. The first-order valence-corrected chi connectivity index (χ1v) is 8.37. The summed E-state index contributed by atoms with van der Waals surface area (Å²) in [4.78, 5) is 41.1. The van der Waals surface area contributed by atoms with Crippen LogP contribution in [0.15, 0.2) is 24.3 Å². The average molecular weight is 409 g/mol. The molecule has 1 saturated heterocycles. The van der Waals surface area contributed by atoms with Gasteiger partial charge in [-0.25, -0.2) is 9.59 Å². The molecule has 0 aliphatic carbocycles. The summed E-state index contributed by atoms with van der Waals surface area (Å²) in [5.74, 6) is -2.79. The molecule has 11 heteroatoms. The van der Waals surface area contributed by atoms with Gasteiger partial charge in [0.2, 0.25) is 0 Å². The Bertz CT molecular complexity index is 711. The number of nitrogens with zero attached hydrogens (tertiary/aromatic N) is 2. The van der Waals surface area contributed by atoms with Crippen molar-refractivity contribution in [3.63, 3.8) is 0 Å².